The maximum Gasteiger partial charge on any atom is 0.355 e. The molecule has 7 nitrogen and oxygen atoms in total. The van der Waals surface area contributed by atoms with Crippen LogP contribution in [0.15, 0.2) is 0 Å². The van der Waals surface area contributed by atoms with Crippen molar-refractivity contribution in [3.8, 4) is 6.07 Å². The summed E-state index contributed by atoms with van der Waals surface area (Å²) in [7, 11) is 0. The van der Waals surface area contributed by atoms with E-state index in [4.69, 9.17) is 4.74 Å². The van der Waals surface area contributed by atoms with E-state index >= 15 is 0 Å². The number of nitrogens with zero attached hydrogens (tertiary/aromatic N) is 1. The van der Waals surface area contributed by atoms with E-state index in [0.29, 0.717) is 27.4 Å². The fraction of sp³-hybridized carbons (Fsp3) is 0.476. The lowest BCUT2D eigenvalue weighted by Gasteiger charge is -2.07. The van der Waals surface area contributed by atoms with Gasteiger partial charge >= 0.3 is 5.97 Å². The Kier molecular flexibility index (Phi) is 6.40. The number of carbonyl (C=O) groups is 2. The maximum absolute atomic E-state index is 12.4. The molecule has 2 aromatic rings. The molecule has 1 aliphatic rings. The number of ether oxygens (including phenoxy) is 1. The SMILES string of the molecule is Cc1[nH]c(C(=O)OCC(=O)Nc2sc3c(c2C#N)CCCCC3)c(C)c1[C@@H](C)O. The van der Waals surface area contributed by atoms with Gasteiger partial charge in [-0.3, -0.25) is 4.79 Å². The number of hydrogen-bond donors (Lipinski definition) is 3. The third-order valence-electron chi connectivity index (χ3n) is 5.24. The average Bonchev–Trinajstić information content (AvgIpc) is 3.04. The number of thiophene rings is 1. The van der Waals surface area contributed by atoms with Gasteiger partial charge in [-0.1, -0.05) is 6.42 Å². The number of nitriles is 1. The Bertz CT molecular complexity index is 981. The lowest BCUT2D eigenvalue weighted by molar-refractivity contribution is -0.119. The maximum atomic E-state index is 12.4. The number of hydrogen-bond acceptors (Lipinski definition) is 6. The van der Waals surface area contributed by atoms with Crippen molar-refractivity contribution in [3.05, 3.63) is 38.5 Å². The monoisotopic (exact) mass is 415 g/mol. The van der Waals surface area contributed by atoms with Gasteiger partial charge in [0.15, 0.2) is 6.61 Å². The molecule has 0 aliphatic heterocycles. The highest BCUT2D eigenvalue weighted by molar-refractivity contribution is 7.16. The Morgan fingerprint density at radius 1 is 1.31 bits per heavy atom. The molecule has 2 heterocycles. The van der Waals surface area contributed by atoms with Gasteiger partial charge in [-0.25, -0.2) is 4.79 Å². The van der Waals surface area contributed by atoms with Crippen LogP contribution in [0.4, 0.5) is 5.00 Å². The topological polar surface area (TPSA) is 115 Å². The van der Waals surface area contributed by atoms with E-state index in [9.17, 15) is 20.0 Å². The third-order valence-corrected chi connectivity index (χ3v) is 6.45. The van der Waals surface area contributed by atoms with Crippen LogP contribution < -0.4 is 5.32 Å². The average molecular weight is 416 g/mol. The van der Waals surface area contributed by atoms with E-state index in [0.717, 1.165) is 42.5 Å². The summed E-state index contributed by atoms with van der Waals surface area (Å²) in [6, 6.07) is 2.21. The lowest BCUT2D eigenvalue weighted by atomic mass is 10.1. The number of esters is 1. The molecule has 3 rings (SSSR count). The largest absolute Gasteiger partial charge is 0.451 e. The van der Waals surface area contributed by atoms with Gasteiger partial charge < -0.3 is 20.1 Å². The van der Waals surface area contributed by atoms with Crippen molar-refractivity contribution in [3.63, 3.8) is 0 Å². The molecule has 3 N–H and O–H groups in total. The number of fused-ring (bicyclic) bond motifs is 1. The molecule has 29 heavy (non-hydrogen) atoms. The molecule has 0 bridgehead atoms. The number of rotatable bonds is 5. The number of aryl methyl sites for hydroxylation is 2. The zero-order chi connectivity index (χ0) is 21.1. The van der Waals surface area contributed by atoms with Crippen LogP contribution in [0, 0.1) is 25.2 Å². The second kappa shape index (κ2) is 8.80. The highest BCUT2D eigenvalue weighted by atomic mass is 32.1. The van der Waals surface area contributed by atoms with Gasteiger partial charge in [0.05, 0.1) is 11.7 Å². The molecule has 0 saturated heterocycles. The Hall–Kier alpha value is -2.63. The van der Waals surface area contributed by atoms with Crippen molar-refractivity contribution in [2.45, 2.75) is 59.0 Å². The zero-order valence-corrected chi connectivity index (χ0v) is 17.7. The molecule has 1 aliphatic carbocycles. The molecule has 1 amide bonds. The van der Waals surface area contributed by atoms with Crippen LogP contribution in [0.2, 0.25) is 0 Å². The van der Waals surface area contributed by atoms with Crippen LogP contribution in [0.25, 0.3) is 0 Å². The Balaban J connectivity index is 1.66. The molecule has 0 aromatic carbocycles. The summed E-state index contributed by atoms with van der Waals surface area (Å²) in [5.41, 5.74) is 3.76. The summed E-state index contributed by atoms with van der Waals surface area (Å²) in [4.78, 5) is 28.8. The number of aliphatic hydroxyl groups is 1. The van der Waals surface area contributed by atoms with E-state index in [1.807, 2.05) is 0 Å². The number of aromatic nitrogens is 1. The van der Waals surface area contributed by atoms with Crippen LogP contribution in [0.3, 0.4) is 0 Å². The molecule has 2 aromatic heterocycles. The summed E-state index contributed by atoms with van der Waals surface area (Å²) in [6.45, 7) is 4.66. The van der Waals surface area contributed by atoms with Gasteiger partial charge in [0.2, 0.25) is 0 Å². The van der Waals surface area contributed by atoms with Crippen LogP contribution >= 0.6 is 11.3 Å². The van der Waals surface area contributed by atoms with Gasteiger partial charge in [0.25, 0.3) is 5.91 Å². The second-order valence-electron chi connectivity index (χ2n) is 7.34. The predicted molar refractivity (Wildman–Crippen MR) is 110 cm³/mol. The highest BCUT2D eigenvalue weighted by Crippen LogP contribution is 2.37. The number of H-pyrrole nitrogens is 1. The van der Waals surface area contributed by atoms with Crippen LogP contribution in [0.1, 0.15) is 75.6 Å². The minimum atomic E-state index is -0.713. The fourth-order valence-electron chi connectivity index (χ4n) is 3.91. The van der Waals surface area contributed by atoms with Crippen LogP contribution in [-0.4, -0.2) is 28.6 Å². The van der Waals surface area contributed by atoms with Crippen molar-refractivity contribution in [1.29, 1.82) is 5.26 Å². The van der Waals surface area contributed by atoms with Gasteiger partial charge in [-0.2, -0.15) is 5.26 Å². The number of aromatic amines is 1. The van der Waals surface area contributed by atoms with Crippen LogP contribution in [0.5, 0.6) is 0 Å². The summed E-state index contributed by atoms with van der Waals surface area (Å²) in [6.07, 6.45) is 4.36. The van der Waals surface area contributed by atoms with Crippen LogP contribution in [-0.2, 0) is 22.4 Å². The van der Waals surface area contributed by atoms with Crippen molar-refractivity contribution in [1.82, 2.24) is 4.98 Å². The zero-order valence-electron chi connectivity index (χ0n) is 16.8. The first-order valence-electron chi connectivity index (χ1n) is 9.72. The van der Waals surface area contributed by atoms with E-state index in [1.54, 1.807) is 20.8 Å². The van der Waals surface area contributed by atoms with Gasteiger partial charge in [0, 0.05) is 16.1 Å². The molecule has 0 saturated carbocycles. The minimum absolute atomic E-state index is 0.228. The number of anilines is 1. The number of amides is 1. The van der Waals surface area contributed by atoms with Gasteiger partial charge in [0.1, 0.15) is 16.8 Å². The molecule has 8 heteroatoms. The Labute approximate surface area is 173 Å². The first kappa shape index (κ1) is 21.1. The summed E-state index contributed by atoms with van der Waals surface area (Å²) in [5.74, 6) is -1.14. The fourth-order valence-corrected chi connectivity index (χ4v) is 5.17. The van der Waals surface area contributed by atoms with E-state index in [-0.39, 0.29) is 5.69 Å². The minimum Gasteiger partial charge on any atom is -0.451 e. The number of nitrogens with one attached hydrogen (secondary N) is 2. The van der Waals surface area contributed by atoms with Crippen molar-refractivity contribution < 1.29 is 19.4 Å². The standard InChI is InChI=1S/C21H25N3O4S/c1-11-18(13(3)25)12(2)23-19(11)21(27)28-10-17(26)24-20-15(9-22)14-7-5-4-6-8-16(14)29-20/h13,23,25H,4-8,10H2,1-3H3,(H,24,26)/t13-/m1/s1. The molecule has 1 atom stereocenters. The van der Waals surface area contributed by atoms with E-state index < -0.39 is 24.6 Å². The first-order chi connectivity index (χ1) is 13.8. The van der Waals surface area contributed by atoms with Gasteiger partial charge in [-0.15, -0.1) is 11.3 Å². The van der Waals surface area contributed by atoms with E-state index in [1.165, 1.54) is 11.3 Å². The van der Waals surface area contributed by atoms with Crippen molar-refractivity contribution >= 4 is 28.2 Å². The summed E-state index contributed by atoms with van der Waals surface area (Å²) in [5, 5.41) is 22.6. The Morgan fingerprint density at radius 3 is 2.69 bits per heavy atom. The smallest absolute Gasteiger partial charge is 0.355 e. The first-order valence-corrected chi connectivity index (χ1v) is 10.5. The quantitative estimate of drug-likeness (QED) is 0.509. The molecule has 0 fully saturated rings. The molecule has 154 valence electrons. The summed E-state index contributed by atoms with van der Waals surface area (Å²) >= 11 is 1.44. The predicted octanol–water partition coefficient (Wildman–Crippen LogP) is 3.68. The normalized spacial score (nSPS) is 14.4. The molecule has 0 spiro atoms. The molecular weight excluding hydrogens is 390 g/mol. The van der Waals surface area contributed by atoms with Gasteiger partial charge in [-0.05, 0) is 57.6 Å². The van der Waals surface area contributed by atoms with E-state index in [2.05, 4.69) is 16.4 Å². The molecule has 0 unspecified atom stereocenters. The number of carbonyl (C=O) groups excluding carboxylic acids is 2. The Morgan fingerprint density at radius 2 is 2.03 bits per heavy atom. The molecule has 0 radical (unpaired) electrons. The lowest BCUT2D eigenvalue weighted by Crippen LogP contribution is -2.21. The van der Waals surface area contributed by atoms with Crippen molar-refractivity contribution in [2.24, 2.45) is 0 Å². The third kappa shape index (κ3) is 4.36. The molecular formula is C21H25N3O4S. The highest BCUT2D eigenvalue weighted by Gasteiger charge is 2.23. The number of aliphatic hydroxyl groups excluding tert-OH is 1. The second-order valence-corrected chi connectivity index (χ2v) is 8.45. The summed E-state index contributed by atoms with van der Waals surface area (Å²) < 4.78 is 5.14. The van der Waals surface area contributed by atoms with Crippen molar-refractivity contribution in [2.75, 3.05) is 11.9 Å².